The molecule has 0 amide bonds. The smallest absolute Gasteiger partial charge is 0.353 e. The average molecular weight is 333 g/mol. The van der Waals surface area contributed by atoms with Crippen molar-refractivity contribution in [3.8, 4) is 11.5 Å². The molecule has 0 spiro atoms. The molecule has 4 rings (SSSR count). The van der Waals surface area contributed by atoms with Crippen molar-refractivity contribution in [3.05, 3.63) is 48.0 Å². The number of hydrogen-bond donors (Lipinski definition) is 0. The Morgan fingerprint density at radius 3 is 2.95 bits per heavy atom. The van der Waals surface area contributed by atoms with Crippen LogP contribution in [0.2, 0.25) is 0 Å². The number of rotatable bonds is 2. The second-order valence-electron chi connectivity index (χ2n) is 5.29. The van der Waals surface area contributed by atoms with E-state index < -0.39 is 7.52 Å². The highest BCUT2D eigenvalue weighted by molar-refractivity contribution is 7.99. The van der Waals surface area contributed by atoms with E-state index in [4.69, 9.17) is 9.26 Å². The Balaban J connectivity index is 1.68. The van der Waals surface area contributed by atoms with Gasteiger partial charge in [-0.15, -0.1) is 11.8 Å². The molecule has 2 aromatic carbocycles. The summed E-state index contributed by atoms with van der Waals surface area (Å²) < 4.78 is 26.2. The van der Waals surface area contributed by atoms with Gasteiger partial charge in [0.15, 0.2) is 0 Å². The number of benzene rings is 2. The van der Waals surface area contributed by atoms with E-state index in [2.05, 4.69) is 6.07 Å². The number of thioether (sulfide) groups is 1. The molecule has 0 bridgehead atoms. The fourth-order valence-electron chi connectivity index (χ4n) is 2.83. The first-order valence-corrected chi connectivity index (χ1v) is 9.71. The Bertz CT molecular complexity index is 780. The van der Waals surface area contributed by atoms with Crippen molar-refractivity contribution >= 4 is 24.6 Å². The van der Waals surface area contributed by atoms with Crippen LogP contribution < -0.4 is 14.6 Å². The molecule has 114 valence electrons. The van der Waals surface area contributed by atoms with E-state index in [0.717, 1.165) is 34.7 Å². The maximum atomic E-state index is 13.2. The molecule has 0 saturated heterocycles. The fraction of sp³-hybridized carbons (Fsp3) is 0.250. The monoisotopic (exact) mass is 333 g/mol. The Morgan fingerprint density at radius 1 is 1.27 bits per heavy atom. The molecule has 0 unspecified atom stereocenters. The topological polar surface area (TPSA) is 38.8 Å². The zero-order valence-electron chi connectivity index (χ0n) is 12.2. The summed E-state index contributed by atoms with van der Waals surface area (Å²) in [7, 11) is -1.22. The number of nitrogens with zero attached hydrogens (tertiary/aromatic N) is 1. The Hall–Kier alpha value is -1.42. The normalized spacial score (nSPS) is 23.5. The van der Waals surface area contributed by atoms with Crippen molar-refractivity contribution in [2.45, 2.75) is 11.4 Å². The molecule has 0 aromatic heterocycles. The largest absolute Gasteiger partial charge is 0.497 e. The first-order valence-electron chi connectivity index (χ1n) is 7.15. The van der Waals surface area contributed by atoms with Gasteiger partial charge >= 0.3 is 7.52 Å². The Morgan fingerprint density at radius 2 is 2.14 bits per heavy atom. The van der Waals surface area contributed by atoms with Gasteiger partial charge in [-0.05, 0) is 35.9 Å². The first kappa shape index (κ1) is 14.2. The minimum atomic E-state index is -2.89. The van der Waals surface area contributed by atoms with Crippen molar-refractivity contribution in [2.75, 3.05) is 19.4 Å². The number of para-hydroxylation sites is 1. The highest BCUT2D eigenvalue weighted by Gasteiger charge is 2.46. The average Bonchev–Trinajstić information content (AvgIpc) is 2.75. The van der Waals surface area contributed by atoms with Crippen molar-refractivity contribution in [2.24, 2.45) is 0 Å². The molecule has 4 nitrogen and oxygen atoms in total. The quantitative estimate of drug-likeness (QED) is 0.787. The van der Waals surface area contributed by atoms with Gasteiger partial charge < -0.3 is 9.26 Å². The summed E-state index contributed by atoms with van der Waals surface area (Å²) >= 11 is 1.79. The van der Waals surface area contributed by atoms with E-state index >= 15 is 0 Å². The summed E-state index contributed by atoms with van der Waals surface area (Å²) in [6, 6.07) is 13.7. The number of fused-ring (bicyclic) bond motifs is 2. The van der Waals surface area contributed by atoms with Gasteiger partial charge in [0.2, 0.25) is 0 Å². The van der Waals surface area contributed by atoms with Gasteiger partial charge in [-0.2, -0.15) is 0 Å². The number of methoxy groups -OCH3 is 1. The molecule has 0 N–H and O–H groups in total. The lowest BCUT2D eigenvalue weighted by Crippen LogP contribution is -2.36. The molecule has 0 saturated carbocycles. The standard InChI is InChI=1S/C16H16NO3PS/c1-19-13-6-7-16-12(10-13)11-17(8-9-22-16)21(18)15-5-3-2-4-14(15)20-21/h2-7,10H,8-9,11H2,1H3/t21-/m1/s1. The SMILES string of the molecule is COc1ccc2c(c1)CN([P@]1(=O)Oc3ccccc31)CCS2. The van der Waals surface area contributed by atoms with Crippen LogP contribution in [-0.4, -0.2) is 24.1 Å². The van der Waals surface area contributed by atoms with Crippen molar-refractivity contribution in [1.29, 1.82) is 0 Å². The minimum absolute atomic E-state index is 0.616. The Labute approximate surface area is 133 Å². The molecular weight excluding hydrogens is 317 g/mol. The van der Waals surface area contributed by atoms with Crippen LogP contribution in [-0.2, 0) is 11.1 Å². The summed E-state index contributed by atoms with van der Waals surface area (Å²) in [6.07, 6.45) is 0. The summed E-state index contributed by atoms with van der Waals surface area (Å²) in [6.45, 7) is 1.36. The maximum absolute atomic E-state index is 13.2. The third-order valence-electron chi connectivity index (χ3n) is 3.99. The molecule has 6 heteroatoms. The molecule has 0 aliphatic carbocycles. The van der Waals surface area contributed by atoms with Gasteiger partial charge in [-0.1, -0.05) is 12.1 Å². The van der Waals surface area contributed by atoms with Crippen LogP contribution in [0.1, 0.15) is 5.56 Å². The molecule has 0 fully saturated rings. The molecular formula is C16H16NO3PS. The van der Waals surface area contributed by atoms with Gasteiger partial charge in [-0.25, -0.2) is 4.67 Å². The van der Waals surface area contributed by atoms with Gasteiger partial charge in [0.05, 0.1) is 7.11 Å². The van der Waals surface area contributed by atoms with E-state index in [1.165, 1.54) is 4.90 Å². The maximum Gasteiger partial charge on any atom is 0.353 e. The van der Waals surface area contributed by atoms with E-state index in [9.17, 15) is 4.57 Å². The van der Waals surface area contributed by atoms with Gasteiger partial charge in [0.25, 0.3) is 0 Å². The van der Waals surface area contributed by atoms with Crippen LogP contribution in [0.4, 0.5) is 0 Å². The highest BCUT2D eigenvalue weighted by Crippen LogP contribution is 2.60. The van der Waals surface area contributed by atoms with Crippen LogP contribution in [0.5, 0.6) is 11.5 Å². The van der Waals surface area contributed by atoms with Gasteiger partial charge in [0, 0.05) is 23.7 Å². The molecule has 22 heavy (non-hydrogen) atoms. The van der Waals surface area contributed by atoms with Crippen LogP contribution in [0.25, 0.3) is 0 Å². The summed E-state index contributed by atoms with van der Waals surface area (Å²) in [5.74, 6) is 2.47. The molecule has 1 atom stereocenters. The number of ether oxygens (including phenoxy) is 1. The molecule has 0 radical (unpaired) electrons. The predicted molar refractivity (Wildman–Crippen MR) is 88.4 cm³/mol. The highest BCUT2D eigenvalue weighted by atomic mass is 32.2. The van der Waals surface area contributed by atoms with E-state index in [1.807, 2.05) is 41.1 Å². The summed E-state index contributed by atoms with van der Waals surface area (Å²) in [5.41, 5.74) is 1.14. The fourth-order valence-corrected chi connectivity index (χ4v) is 6.16. The van der Waals surface area contributed by atoms with Crippen molar-refractivity contribution < 1.29 is 13.8 Å². The number of hydrogen-bond acceptors (Lipinski definition) is 4. The van der Waals surface area contributed by atoms with E-state index in [0.29, 0.717) is 6.54 Å². The van der Waals surface area contributed by atoms with Crippen molar-refractivity contribution in [3.63, 3.8) is 0 Å². The molecule has 2 aliphatic heterocycles. The zero-order chi connectivity index (χ0) is 15.2. The van der Waals surface area contributed by atoms with Crippen LogP contribution in [0.3, 0.4) is 0 Å². The van der Waals surface area contributed by atoms with E-state index in [1.54, 1.807) is 18.9 Å². The van der Waals surface area contributed by atoms with E-state index in [-0.39, 0.29) is 0 Å². The molecule has 2 aliphatic rings. The van der Waals surface area contributed by atoms with Crippen LogP contribution >= 0.6 is 19.3 Å². The van der Waals surface area contributed by atoms with Crippen LogP contribution in [0, 0.1) is 0 Å². The summed E-state index contributed by atoms with van der Waals surface area (Å²) in [5, 5.41) is 0.839. The zero-order valence-corrected chi connectivity index (χ0v) is 13.9. The third kappa shape index (κ3) is 2.16. The van der Waals surface area contributed by atoms with Gasteiger partial charge in [-0.3, -0.25) is 4.57 Å². The minimum Gasteiger partial charge on any atom is -0.497 e. The van der Waals surface area contributed by atoms with Crippen LogP contribution in [0.15, 0.2) is 47.4 Å². The lowest BCUT2D eigenvalue weighted by Gasteiger charge is -2.37. The molecule has 2 heterocycles. The van der Waals surface area contributed by atoms with Gasteiger partial charge in [0.1, 0.15) is 16.8 Å². The Kier molecular flexibility index (Phi) is 3.44. The lowest BCUT2D eigenvalue weighted by molar-refractivity contribution is 0.353. The third-order valence-corrected chi connectivity index (χ3v) is 7.60. The second kappa shape index (κ2) is 5.34. The van der Waals surface area contributed by atoms with Crippen molar-refractivity contribution in [1.82, 2.24) is 4.67 Å². The second-order valence-corrected chi connectivity index (χ2v) is 8.70. The summed E-state index contributed by atoms with van der Waals surface area (Å²) in [4.78, 5) is 1.23. The first-order chi connectivity index (χ1) is 10.7. The molecule has 2 aromatic rings. The predicted octanol–water partition coefficient (Wildman–Crippen LogP) is 3.51. The lowest BCUT2D eigenvalue weighted by atomic mass is 10.2.